The highest BCUT2D eigenvalue weighted by atomic mass is 32.2. The fraction of sp³-hybridized carbons (Fsp3) is 0.467. The standard InChI is InChI=1S/C15H16F3N3O4S/c1-11(15(16,17)18)25-14(22)20-6-8-21(9-7-20)26(23,24)13-4-2-12(10-19)3-5-13/h2-5,11H,6-9H2,1H3. The quantitative estimate of drug-likeness (QED) is 0.786. The summed E-state index contributed by atoms with van der Waals surface area (Å²) in [5, 5.41) is 8.74. The molecule has 26 heavy (non-hydrogen) atoms. The van der Waals surface area contributed by atoms with Gasteiger partial charge in [0.1, 0.15) is 0 Å². The maximum absolute atomic E-state index is 12.5. The summed E-state index contributed by atoms with van der Waals surface area (Å²) >= 11 is 0. The van der Waals surface area contributed by atoms with Crippen molar-refractivity contribution in [3.63, 3.8) is 0 Å². The molecule has 0 N–H and O–H groups in total. The summed E-state index contributed by atoms with van der Waals surface area (Å²) in [6, 6.07) is 7.24. The third-order valence-corrected chi connectivity index (χ3v) is 5.77. The molecule has 0 aromatic heterocycles. The molecule has 1 fully saturated rings. The topological polar surface area (TPSA) is 90.7 Å². The first-order valence-electron chi connectivity index (χ1n) is 7.58. The van der Waals surface area contributed by atoms with E-state index >= 15 is 0 Å². The van der Waals surface area contributed by atoms with Gasteiger partial charge in [0.15, 0.2) is 6.10 Å². The Labute approximate surface area is 148 Å². The summed E-state index contributed by atoms with van der Waals surface area (Å²) in [7, 11) is -3.82. The van der Waals surface area contributed by atoms with Gasteiger partial charge in [-0.15, -0.1) is 0 Å². The summed E-state index contributed by atoms with van der Waals surface area (Å²) in [4.78, 5) is 12.8. The number of nitriles is 1. The number of piperazine rings is 1. The third-order valence-electron chi connectivity index (χ3n) is 3.86. The van der Waals surface area contributed by atoms with Gasteiger partial charge in [-0.05, 0) is 31.2 Å². The summed E-state index contributed by atoms with van der Waals surface area (Å²) in [6.45, 7) is 0.414. The van der Waals surface area contributed by atoms with Crippen molar-refractivity contribution in [1.29, 1.82) is 5.26 Å². The SMILES string of the molecule is CC(OC(=O)N1CCN(S(=O)(=O)c2ccc(C#N)cc2)CC1)C(F)(F)F. The van der Waals surface area contributed by atoms with Crippen LogP contribution in [0.4, 0.5) is 18.0 Å². The Kier molecular flexibility index (Phi) is 5.77. The van der Waals surface area contributed by atoms with E-state index in [1.165, 1.54) is 24.3 Å². The van der Waals surface area contributed by atoms with Gasteiger partial charge in [-0.1, -0.05) is 0 Å². The zero-order valence-corrected chi connectivity index (χ0v) is 14.5. The van der Waals surface area contributed by atoms with Crippen LogP contribution in [-0.4, -0.2) is 62.2 Å². The molecule has 11 heteroatoms. The van der Waals surface area contributed by atoms with E-state index in [0.717, 1.165) is 16.1 Å². The first-order valence-corrected chi connectivity index (χ1v) is 9.02. The fourth-order valence-electron chi connectivity index (χ4n) is 2.25. The van der Waals surface area contributed by atoms with Gasteiger partial charge in [-0.2, -0.15) is 22.7 Å². The first-order chi connectivity index (χ1) is 12.1. The molecular formula is C15H16F3N3O4S. The van der Waals surface area contributed by atoms with Crippen LogP contribution in [0.15, 0.2) is 29.2 Å². The molecule has 0 saturated carbocycles. The molecule has 1 aliphatic heterocycles. The normalized spacial score (nSPS) is 17.4. The van der Waals surface area contributed by atoms with Crippen LogP contribution in [0.2, 0.25) is 0 Å². The molecule has 1 atom stereocenters. The zero-order valence-electron chi connectivity index (χ0n) is 13.7. The van der Waals surface area contributed by atoms with Crippen LogP contribution in [0.25, 0.3) is 0 Å². The summed E-state index contributed by atoms with van der Waals surface area (Å²) in [6.07, 6.45) is -8.03. The maximum atomic E-state index is 12.5. The van der Waals surface area contributed by atoms with Gasteiger partial charge in [0.05, 0.1) is 16.5 Å². The average molecular weight is 391 g/mol. The molecule has 1 aromatic carbocycles. The van der Waals surface area contributed by atoms with Crippen molar-refractivity contribution in [2.75, 3.05) is 26.2 Å². The molecule has 1 unspecified atom stereocenters. The molecule has 0 bridgehead atoms. The monoisotopic (exact) mass is 391 g/mol. The molecule has 1 aliphatic rings. The van der Waals surface area contributed by atoms with E-state index in [1.807, 2.05) is 6.07 Å². The number of hydrogen-bond donors (Lipinski definition) is 0. The molecular weight excluding hydrogens is 375 g/mol. The highest BCUT2D eigenvalue weighted by Gasteiger charge is 2.40. The molecule has 0 radical (unpaired) electrons. The van der Waals surface area contributed by atoms with E-state index in [9.17, 15) is 26.4 Å². The Morgan fingerprint density at radius 2 is 1.73 bits per heavy atom. The van der Waals surface area contributed by atoms with Gasteiger partial charge in [0, 0.05) is 26.2 Å². The highest BCUT2D eigenvalue weighted by molar-refractivity contribution is 7.89. The van der Waals surface area contributed by atoms with Crippen molar-refractivity contribution >= 4 is 16.1 Å². The third kappa shape index (κ3) is 4.44. The number of alkyl halides is 3. The molecule has 0 spiro atoms. The second-order valence-electron chi connectivity index (χ2n) is 5.59. The summed E-state index contributed by atoms with van der Waals surface area (Å²) < 4.78 is 67.8. The van der Waals surface area contributed by atoms with Crippen molar-refractivity contribution in [1.82, 2.24) is 9.21 Å². The maximum Gasteiger partial charge on any atom is 0.425 e. The van der Waals surface area contributed by atoms with Crippen molar-refractivity contribution in [2.45, 2.75) is 24.1 Å². The van der Waals surface area contributed by atoms with Crippen molar-refractivity contribution in [2.24, 2.45) is 0 Å². The zero-order chi connectivity index (χ0) is 19.5. The van der Waals surface area contributed by atoms with Crippen LogP contribution in [0.5, 0.6) is 0 Å². The first kappa shape index (κ1) is 20.0. The Balaban J connectivity index is 1.98. The Morgan fingerprint density at radius 3 is 2.19 bits per heavy atom. The van der Waals surface area contributed by atoms with Gasteiger partial charge < -0.3 is 9.64 Å². The minimum absolute atomic E-state index is 0.00165. The number of ether oxygens (including phenoxy) is 1. The number of rotatable bonds is 3. The molecule has 1 aromatic rings. The summed E-state index contributed by atoms with van der Waals surface area (Å²) in [5.74, 6) is 0. The second kappa shape index (κ2) is 7.51. The van der Waals surface area contributed by atoms with Gasteiger partial charge in [0.2, 0.25) is 10.0 Å². The predicted octanol–water partition coefficient (Wildman–Crippen LogP) is 1.95. The average Bonchev–Trinajstić information content (AvgIpc) is 2.61. The van der Waals surface area contributed by atoms with Crippen LogP contribution < -0.4 is 0 Å². The van der Waals surface area contributed by atoms with E-state index < -0.39 is 28.4 Å². The smallest absolute Gasteiger partial charge is 0.425 e. The van der Waals surface area contributed by atoms with E-state index in [4.69, 9.17) is 5.26 Å². The number of halogens is 3. The molecule has 1 amide bonds. The molecule has 142 valence electrons. The number of sulfonamides is 1. The van der Waals surface area contributed by atoms with Crippen molar-refractivity contribution in [3.8, 4) is 6.07 Å². The van der Waals surface area contributed by atoms with E-state index in [2.05, 4.69) is 4.74 Å². The van der Waals surface area contributed by atoms with Gasteiger partial charge >= 0.3 is 12.3 Å². The van der Waals surface area contributed by atoms with Gasteiger partial charge in [-0.25, -0.2) is 13.2 Å². The van der Waals surface area contributed by atoms with Crippen molar-refractivity contribution in [3.05, 3.63) is 29.8 Å². The Morgan fingerprint density at radius 1 is 1.19 bits per heavy atom. The van der Waals surface area contributed by atoms with E-state index in [1.54, 1.807) is 0 Å². The van der Waals surface area contributed by atoms with Crippen molar-refractivity contribution < 1.29 is 31.1 Å². The molecule has 0 aliphatic carbocycles. The molecule has 2 rings (SSSR count). The lowest BCUT2D eigenvalue weighted by atomic mass is 10.2. The summed E-state index contributed by atoms with van der Waals surface area (Å²) in [5.41, 5.74) is 0.315. The largest absolute Gasteiger partial charge is 0.437 e. The molecule has 1 heterocycles. The highest BCUT2D eigenvalue weighted by Crippen LogP contribution is 2.24. The number of amides is 1. The lowest BCUT2D eigenvalue weighted by molar-refractivity contribution is -0.199. The number of hydrogen-bond acceptors (Lipinski definition) is 5. The molecule has 1 saturated heterocycles. The van der Waals surface area contributed by atoms with E-state index in [0.29, 0.717) is 5.56 Å². The van der Waals surface area contributed by atoms with Crippen LogP contribution in [-0.2, 0) is 14.8 Å². The van der Waals surface area contributed by atoms with Crippen LogP contribution in [0.1, 0.15) is 12.5 Å². The molecule has 7 nitrogen and oxygen atoms in total. The van der Waals surface area contributed by atoms with E-state index in [-0.39, 0.29) is 31.1 Å². The number of benzene rings is 1. The Bertz CT molecular complexity index is 795. The number of nitrogens with zero attached hydrogens (tertiary/aromatic N) is 3. The van der Waals surface area contributed by atoms with Crippen LogP contribution in [0, 0.1) is 11.3 Å². The lowest BCUT2D eigenvalue weighted by Gasteiger charge is -2.34. The minimum atomic E-state index is -4.66. The fourth-order valence-corrected chi connectivity index (χ4v) is 3.68. The van der Waals surface area contributed by atoms with Gasteiger partial charge in [-0.3, -0.25) is 0 Å². The van der Waals surface area contributed by atoms with Crippen LogP contribution >= 0.6 is 0 Å². The minimum Gasteiger partial charge on any atom is -0.437 e. The van der Waals surface area contributed by atoms with Gasteiger partial charge in [0.25, 0.3) is 0 Å². The number of carbonyl (C=O) groups excluding carboxylic acids is 1. The second-order valence-corrected chi connectivity index (χ2v) is 7.53. The number of carbonyl (C=O) groups is 1. The van der Waals surface area contributed by atoms with Crippen LogP contribution in [0.3, 0.4) is 0 Å². The lowest BCUT2D eigenvalue weighted by Crippen LogP contribution is -2.51. The predicted molar refractivity (Wildman–Crippen MR) is 83.5 cm³/mol. The Hall–Kier alpha value is -2.32.